The highest BCUT2D eigenvalue weighted by molar-refractivity contribution is 6.04. The third kappa shape index (κ3) is 10.4. The van der Waals surface area contributed by atoms with Gasteiger partial charge in [-0.2, -0.15) is 0 Å². The zero-order chi connectivity index (χ0) is 75.1. The second-order valence-corrected chi connectivity index (χ2v) is 33.2. The predicted molar refractivity (Wildman–Crippen MR) is 469 cm³/mol. The number of rotatable bonds is 14. The molecule has 16 aromatic carbocycles. The quantitative estimate of drug-likeness (QED) is 0.107. The number of anilines is 6. The molecule has 1 spiro atoms. The molecule has 0 saturated carbocycles. The smallest absolute Gasteiger partial charge is 0.0727 e. The second-order valence-electron chi connectivity index (χ2n) is 33.2. The maximum Gasteiger partial charge on any atom is 0.0727 e. The average Bonchev–Trinajstić information content (AvgIpc) is 1.51. The van der Waals surface area contributed by atoms with Crippen LogP contribution in [0, 0.1) is 0 Å². The highest BCUT2D eigenvalue weighted by Gasteiger charge is 2.53. The molecule has 0 radical (unpaired) electrons. The van der Waals surface area contributed by atoms with Crippen molar-refractivity contribution in [3.05, 3.63) is 454 Å². The monoisotopic (exact) mass is 1420 g/mol. The summed E-state index contributed by atoms with van der Waals surface area (Å²) in [6, 6.07) is 135. The molecule has 16 aromatic rings. The van der Waals surface area contributed by atoms with Crippen LogP contribution >= 0.6 is 0 Å². The molecule has 0 bridgehead atoms. The third-order valence-electron chi connectivity index (χ3n) is 25.2. The van der Waals surface area contributed by atoms with Gasteiger partial charge >= 0.3 is 0 Å². The van der Waals surface area contributed by atoms with Gasteiger partial charge in [0.25, 0.3) is 0 Å². The van der Waals surface area contributed by atoms with Crippen molar-refractivity contribution >= 4 is 67.8 Å². The van der Waals surface area contributed by atoms with Crippen molar-refractivity contribution in [2.45, 2.75) is 81.5 Å². The zero-order valence-electron chi connectivity index (χ0n) is 63.9. The molecule has 4 aliphatic carbocycles. The summed E-state index contributed by atoms with van der Waals surface area (Å²) in [5, 5.41) is 4.72. The van der Waals surface area contributed by atoms with E-state index in [0.29, 0.717) is 0 Å². The first kappa shape index (κ1) is 67.5. The van der Waals surface area contributed by atoms with Gasteiger partial charge in [0, 0.05) is 33.5 Å². The van der Waals surface area contributed by atoms with E-state index in [0.717, 1.165) is 58.1 Å². The summed E-state index contributed by atoms with van der Waals surface area (Å²) in [5.41, 5.74) is 35.0. The fourth-order valence-corrected chi connectivity index (χ4v) is 19.9. The second kappa shape index (κ2) is 25.6. The van der Waals surface area contributed by atoms with Crippen LogP contribution in [-0.4, -0.2) is 0 Å². The highest BCUT2D eigenvalue weighted by atomic mass is 15.2. The molecule has 2 atom stereocenters. The molecule has 0 aliphatic heterocycles. The summed E-state index contributed by atoms with van der Waals surface area (Å²) in [5.74, 6) is 0. The Morgan fingerprint density at radius 3 is 0.928 bits per heavy atom. The molecule has 0 amide bonds. The Kier molecular flexibility index (Phi) is 15.6. The Bertz CT molecular complexity index is 6050. The molecule has 0 heterocycles. The Balaban J connectivity index is 0.812. The van der Waals surface area contributed by atoms with Gasteiger partial charge in [-0.25, -0.2) is 0 Å². The predicted octanol–water partition coefficient (Wildman–Crippen LogP) is 28.3. The minimum atomic E-state index is -0.747. The molecule has 0 N–H and O–H groups in total. The van der Waals surface area contributed by atoms with Crippen LogP contribution in [0.5, 0.6) is 0 Å². The van der Waals surface area contributed by atoms with E-state index in [1.165, 1.54) is 144 Å². The fourth-order valence-electron chi connectivity index (χ4n) is 19.9. The molecule has 0 saturated heterocycles. The third-order valence-corrected chi connectivity index (χ3v) is 25.2. The summed E-state index contributed by atoms with van der Waals surface area (Å²) in [7, 11) is 0. The summed E-state index contributed by atoms with van der Waals surface area (Å²) in [6.07, 6.45) is 5.41. The zero-order valence-corrected chi connectivity index (χ0v) is 63.9. The van der Waals surface area contributed by atoms with E-state index < -0.39 is 16.2 Å². The van der Waals surface area contributed by atoms with Crippen LogP contribution in [0.3, 0.4) is 0 Å². The molecule has 4 aliphatic rings. The van der Waals surface area contributed by atoms with Gasteiger partial charge in [0.1, 0.15) is 0 Å². The topological polar surface area (TPSA) is 6.48 Å². The molecule has 2 heteroatoms. The van der Waals surface area contributed by atoms with Gasteiger partial charge < -0.3 is 9.80 Å². The van der Waals surface area contributed by atoms with Crippen LogP contribution in [0.2, 0.25) is 0 Å². The number of benzene rings is 16. The lowest BCUT2D eigenvalue weighted by Gasteiger charge is -2.36. The van der Waals surface area contributed by atoms with E-state index in [1.807, 2.05) is 12.2 Å². The van der Waals surface area contributed by atoms with Gasteiger partial charge in [0.05, 0.1) is 27.6 Å². The molecule has 0 fully saturated rings. The van der Waals surface area contributed by atoms with Gasteiger partial charge in [0.15, 0.2) is 0 Å². The van der Waals surface area contributed by atoms with Crippen molar-refractivity contribution in [3.8, 4) is 44.5 Å². The van der Waals surface area contributed by atoms with Gasteiger partial charge in [-0.15, -0.1) is 0 Å². The SMILES string of the molecule is C=Cc1ccc(CC2(c3ccc(C(C)(C)C)cc3)c3ccccc3-c3ccc(N(c4ccc5c(c4)C4(c6ccccc6-5)c5ccccc5-c5ccc(N(c6ccc7c(c6)C(Cc6ccc(C=C)cc6)(c6ccc(C(C)(C)C)cc6)c6ccccc6-7)c6cccc7ccccc67)cc54)c4cccc5ccccc45)cc32)cc1. The van der Waals surface area contributed by atoms with Crippen LogP contribution in [0.4, 0.5) is 34.1 Å². The minimum absolute atomic E-state index is 0.0193. The van der Waals surface area contributed by atoms with Crippen LogP contribution in [0.15, 0.2) is 365 Å². The molecular weight excluding hydrogens is 1340 g/mol. The highest BCUT2D eigenvalue weighted by Crippen LogP contribution is 2.66. The van der Waals surface area contributed by atoms with Crippen LogP contribution < -0.4 is 9.80 Å². The first-order valence-electron chi connectivity index (χ1n) is 39.3. The van der Waals surface area contributed by atoms with Crippen molar-refractivity contribution in [2.75, 3.05) is 9.80 Å². The molecule has 2 unspecified atom stereocenters. The average molecular weight is 1420 g/mol. The van der Waals surface area contributed by atoms with E-state index in [4.69, 9.17) is 0 Å². The van der Waals surface area contributed by atoms with Gasteiger partial charge in [0.2, 0.25) is 0 Å². The Morgan fingerprint density at radius 2 is 0.568 bits per heavy atom. The lowest BCUT2D eigenvalue weighted by Crippen LogP contribution is -2.30. The number of hydrogen-bond donors (Lipinski definition) is 0. The Morgan fingerprint density at radius 1 is 0.270 bits per heavy atom. The first-order valence-corrected chi connectivity index (χ1v) is 39.3. The maximum atomic E-state index is 4.15. The van der Waals surface area contributed by atoms with Crippen molar-refractivity contribution in [3.63, 3.8) is 0 Å². The molecule has 0 aromatic heterocycles. The molecule has 2 nitrogen and oxygen atoms in total. The summed E-state index contributed by atoms with van der Waals surface area (Å²) in [4.78, 5) is 5.16. The minimum Gasteiger partial charge on any atom is -0.310 e. The number of hydrogen-bond acceptors (Lipinski definition) is 2. The summed E-state index contributed by atoms with van der Waals surface area (Å²) in [6.45, 7) is 22.2. The van der Waals surface area contributed by atoms with Gasteiger partial charge in [-0.05, 0) is 229 Å². The maximum absolute atomic E-state index is 4.15. The lowest BCUT2D eigenvalue weighted by atomic mass is 9.68. The van der Waals surface area contributed by atoms with E-state index >= 15 is 0 Å². The van der Waals surface area contributed by atoms with Crippen molar-refractivity contribution in [2.24, 2.45) is 0 Å². The fraction of sp³-hybridized carbons (Fsp3) is 0.119. The first-order chi connectivity index (χ1) is 54.1. The van der Waals surface area contributed by atoms with Gasteiger partial charge in [-0.3, -0.25) is 0 Å². The number of fused-ring (bicyclic) bond motifs is 18. The van der Waals surface area contributed by atoms with Crippen molar-refractivity contribution in [1.29, 1.82) is 0 Å². The van der Waals surface area contributed by atoms with Gasteiger partial charge in [-0.1, -0.05) is 358 Å². The van der Waals surface area contributed by atoms with Crippen LogP contribution in [0.1, 0.15) is 131 Å². The summed E-state index contributed by atoms with van der Waals surface area (Å²) < 4.78 is 0. The standard InChI is InChI=1S/C109H86N2/c1-9-71-41-45-73(46-42-71)69-107(79-53-49-77(50-54-79)105(3,4)5)95-35-19-15-31-87(95)91-61-57-81(65-99(91)107)110(103-39-23-27-75-25-11-13-29-85(75)103)83-59-63-93-89-33-17-21-37-97(89)109(101(93)67-83)98-38-22-18-34-90(98)94-64-60-84(68-102(94)109)111(104-40-24-28-76-26-12-14-30-86(76)104)82-58-62-92-88-32-16-20-36-96(88)108(100(92)66-82,70-74-47-43-72(10-2)44-48-74)80-55-51-78(52-56-80)106(6,7)8/h9-68H,1-2,69-70H2,3-8H3. The van der Waals surface area contributed by atoms with E-state index in [-0.39, 0.29) is 10.8 Å². The van der Waals surface area contributed by atoms with E-state index in [2.05, 4.69) is 416 Å². The Hall–Kier alpha value is -12.9. The Labute approximate surface area is 653 Å². The molecule has 532 valence electrons. The number of nitrogens with zero attached hydrogens (tertiary/aromatic N) is 2. The van der Waals surface area contributed by atoms with Crippen LogP contribution in [-0.2, 0) is 39.9 Å². The normalized spacial score (nSPS) is 16.6. The summed E-state index contributed by atoms with van der Waals surface area (Å²) >= 11 is 0. The molecule has 20 rings (SSSR count). The van der Waals surface area contributed by atoms with Crippen molar-refractivity contribution in [1.82, 2.24) is 0 Å². The lowest BCUT2D eigenvalue weighted by molar-refractivity contribution is 0.586. The molecule has 111 heavy (non-hydrogen) atoms. The largest absolute Gasteiger partial charge is 0.310 e. The van der Waals surface area contributed by atoms with E-state index in [1.54, 1.807) is 0 Å². The molecular formula is C109H86N2. The van der Waals surface area contributed by atoms with Crippen LogP contribution in [0.25, 0.3) is 78.2 Å². The van der Waals surface area contributed by atoms with Crippen molar-refractivity contribution < 1.29 is 0 Å². The van der Waals surface area contributed by atoms with E-state index in [9.17, 15) is 0 Å².